The minimum absolute atomic E-state index is 0.264. The van der Waals surface area contributed by atoms with Crippen LogP contribution in [0.1, 0.15) is 17.4 Å². The number of aliphatic hydroxyl groups excluding tert-OH is 1. The van der Waals surface area contributed by atoms with Crippen LogP contribution in [0.5, 0.6) is 0 Å². The van der Waals surface area contributed by atoms with E-state index in [0.717, 1.165) is 12.1 Å². The van der Waals surface area contributed by atoms with Crippen molar-refractivity contribution in [3.8, 4) is 0 Å². The van der Waals surface area contributed by atoms with Crippen LogP contribution < -0.4 is 0 Å². The van der Waals surface area contributed by atoms with Crippen molar-refractivity contribution in [3.63, 3.8) is 0 Å². The Kier molecular flexibility index (Phi) is 5.48. The Morgan fingerprint density at radius 1 is 1.33 bits per heavy atom. The van der Waals surface area contributed by atoms with Crippen molar-refractivity contribution in [1.82, 2.24) is 9.78 Å². The summed E-state index contributed by atoms with van der Waals surface area (Å²) in [4.78, 5) is 0. The van der Waals surface area contributed by atoms with E-state index in [0.29, 0.717) is 17.6 Å². The molecule has 1 aromatic heterocycles. The molecule has 8 heteroatoms. The quantitative estimate of drug-likeness (QED) is 0.798. The minimum atomic E-state index is -1.48. The molecule has 1 atom stereocenters. The lowest BCUT2D eigenvalue weighted by atomic mass is 10.1. The first-order valence-electron chi connectivity index (χ1n) is 5.98. The van der Waals surface area contributed by atoms with Crippen molar-refractivity contribution >= 4 is 31.9 Å². The molecular weight excluding hydrogens is 414 g/mol. The van der Waals surface area contributed by atoms with Crippen LogP contribution in [-0.4, -0.2) is 28.6 Å². The van der Waals surface area contributed by atoms with E-state index < -0.39 is 23.3 Å². The maximum absolute atomic E-state index is 14.0. The maximum atomic E-state index is 14.0. The molecule has 0 amide bonds. The number of aromatic nitrogens is 2. The van der Waals surface area contributed by atoms with Crippen LogP contribution in [0.25, 0.3) is 0 Å². The molecule has 0 fully saturated rings. The predicted octanol–water partition coefficient (Wildman–Crippen LogP) is 3.41. The summed E-state index contributed by atoms with van der Waals surface area (Å²) in [6, 6.07) is 2.21. The third-order valence-corrected chi connectivity index (χ3v) is 3.99. The van der Waals surface area contributed by atoms with Gasteiger partial charge in [-0.2, -0.15) is 5.10 Å². The Balaban J connectivity index is 2.45. The van der Waals surface area contributed by atoms with Gasteiger partial charge in [0.05, 0.1) is 35.1 Å². The zero-order chi connectivity index (χ0) is 15.6. The highest BCUT2D eigenvalue weighted by atomic mass is 79.9. The SMILES string of the molecule is COCCn1ncc(Br)c1C(O)c1c(F)cc(Br)cc1F. The van der Waals surface area contributed by atoms with E-state index in [-0.39, 0.29) is 10.2 Å². The van der Waals surface area contributed by atoms with Crippen molar-refractivity contribution < 1.29 is 18.6 Å². The highest BCUT2D eigenvalue weighted by Gasteiger charge is 2.26. The number of ether oxygens (including phenoxy) is 1. The molecule has 2 aromatic rings. The monoisotopic (exact) mass is 424 g/mol. The first-order valence-corrected chi connectivity index (χ1v) is 7.57. The Morgan fingerprint density at radius 3 is 2.52 bits per heavy atom. The number of methoxy groups -OCH3 is 1. The van der Waals surface area contributed by atoms with E-state index in [1.54, 1.807) is 0 Å². The molecule has 0 radical (unpaired) electrons. The average molecular weight is 426 g/mol. The average Bonchev–Trinajstić information content (AvgIpc) is 2.76. The number of halogens is 4. The number of nitrogens with zero attached hydrogens (tertiary/aromatic N) is 2. The summed E-state index contributed by atoms with van der Waals surface area (Å²) in [5.41, 5.74) is -0.148. The Bertz CT molecular complexity index is 626. The van der Waals surface area contributed by atoms with Crippen molar-refractivity contribution in [2.24, 2.45) is 0 Å². The van der Waals surface area contributed by atoms with Gasteiger partial charge in [-0.3, -0.25) is 4.68 Å². The number of benzene rings is 1. The smallest absolute Gasteiger partial charge is 0.133 e. The zero-order valence-corrected chi connectivity index (χ0v) is 14.2. The summed E-state index contributed by atoms with van der Waals surface area (Å²) >= 11 is 6.24. The second kappa shape index (κ2) is 6.95. The van der Waals surface area contributed by atoms with E-state index in [1.165, 1.54) is 18.0 Å². The second-order valence-corrected chi connectivity index (χ2v) is 6.05. The van der Waals surface area contributed by atoms with Crippen LogP contribution in [0.2, 0.25) is 0 Å². The molecule has 0 aliphatic heterocycles. The molecule has 4 nitrogen and oxygen atoms in total. The summed E-state index contributed by atoms with van der Waals surface area (Å²) in [6.07, 6.45) is -0.0186. The molecule has 0 aliphatic rings. The molecule has 114 valence electrons. The molecule has 21 heavy (non-hydrogen) atoms. The predicted molar refractivity (Wildman–Crippen MR) is 79.9 cm³/mol. The van der Waals surface area contributed by atoms with Gasteiger partial charge in [-0.1, -0.05) is 15.9 Å². The number of rotatable bonds is 5. The van der Waals surface area contributed by atoms with Crippen molar-refractivity contribution in [1.29, 1.82) is 0 Å². The fraction of sp³-hybridized carbons (Fsp3) is 0.308. The van der Waals surface area contributed by atoms with Gasteiger partial charge in [0.2, 0.25) is 0 Å². The van der Waals surface area contributed by atoms with Crippen LogP contribution in [-0.2, 0) is 11.3 Å². The van der Waals surface area contributed by atoms with Crippen molar-refractivity contribution in [2.45, 2.75) is 12.6 Å². The zero-order valence-electron chi connectivity index (χ0n) is 11.0. The van der Waals surface area contributed by atoms with Gasteiger partial charge >= 0.3 is 0 Å². The lowest BCUT2D eigenvalue weighted by Crippen LogP contribution is -2.15. The number of hydrogen-bond donors (Lipinski definition) is 1. The van der Waals surface area contributed by atoms with Gasteiger partial charge in [0.1, 0.15) is 17.7 Å². The van der Waals surface area contributed by atoms with Crippen LogP contribution in [0.15, 0.2) is 27.3 Å². The lowest BCUT2D eigenvalue weighted by Gasteiger charge is -2.16. The Morgan fingerprint density at radius 2 is 1.95 bits per heavy atom. The van der Waals surface area contributed by atoms with Gasteiger partial charge in [-0.05, 0) is 28.1 Å². The largest absolute Gasteiger partial charge is 0.383 e. The van der Waals surface area contributed by atoms with Crippen molar-refractivity contribution in [2.75, 3.05) is 13.7 Å². The molecule has 2 rings (SSSR count). The highest BCUT2D eigenvalue weighted by Crippen LogP contribution is 2.32. The molecule has 0 spiro atoms. The fourth-order valence-electron chi connectivity index (χ4n) is 1.95. The second-order valence-electron chi connectivity index (χ2n) is 4.28. The highest BCUT2D eigenvalue weighted by molar-refractivity contribution is 9.10. The number of aliphatic hydroxyl groups is 1. The molecule has 0 aliphatic carbocycles. The summed E-state index contributed by atoms with van der Waals surface area (Å²) < 4.78 is 35.1. The van der Waals surface area contributed by atoms with Crippen LogP contribution >= 0.6 is 31.9 Å². The van der Waals surface area contributed by atoms with Crippen LogP contribution in [0.3, 0.4) is 0 Å². The van der Waals surface area contributed by atoms with E-state index in [9.17, 15) is 13.9 Å². The molecular formula is C13H12Br2F2N2O2. The molecule has 1 unspecified atom stereocenters. The maximum Gasteiger partial charge on any atom is 0.133 e. The van der Waals surface area contributed by atoms with E-state index in [1.807, 2.05) is 0 Å². The van der Waals surface area contributed by atoms with Crippen molar-refractivity contribution in [3.05, 3.63) is 50.2 Å². The normalized spacial score (nSPS) is 12.7. The van der Waals surface area contributed by atoms with Gasteiger partial charge in [-0.15, -0.1) is 0 Å². The van der Waals surface area contributed by atoms with Gasteiger partial charge in [0.15, 0.2) is 0 Å². The topological polar surface area (TPSA) is 47.3 Å². The summed E-state index contributed by atoms with van der Waals surface area (Å²) in [6.45, 7) is 0.716. The third-order valence-electron chi connectivity index (χ3n) is 2.92. The van der Waals surface area contributed by atoms with Gasteiger partial charge in [0, 0.05) is 11.6 Å². The Hall–Kier alpha value is -0.830. The summed E-state index contributed by atoms with van der Waals surface area (Å²) in [5.74, 6) is -1.67. The minimum Gasteiger partial charge on any atom is -0.383 e. The molecule has 0 bridgehead atoms. The van der Waals surface area contributed by atoms with E-state index >= 15 is 0 Å². The summed E-state index contributed by atoms with van der Waals surface area (Å²) in [5, 5.41) is 14.4. The van der Waals surface area contributed by atoms with Crippen LogP contribution in [0.4, 0.5) is 8.78 Å². The van der Waals surface area contributed by atoms with Gasteiger partial charge in [0.25, 0.3) is 0 Å². The lowest BCUT2D eigenvalue weighted by molar-refractivity contribution is 0.168. The van der Waals surface area contributed by atoms with Gasteiger partial charge < -0.3 is 9.84 Å². The first kappa shape index (κ1) is 16.5. The van der Waals surface area contributed by atoms with E-state index in [4.69, 9.17) is 4.74 Å². The van der Waals surface area contributed by atoms with Crippen LogP contribution in [0, 0.1) is 11.6 Å². The van der Waals surface area contributed by atoms with E-state index in [2.05, 4.69) is 37.0 Å². The standard InChI is InChI=1S/C13H12Br2F2N2O2/c1-21-3-2-19-12(8(15)6-18-19)13(20)11-9(16)4-7(14)5-10(11)17/h4-6,13,20H,2-3H2,1H3. The Labute approximate surface area is 137 Å². The molecule has 1 heterocycles. The fourth-order valence-corrected chi connectivity index (χ4v) is 2.87. The number of hydrogen-bond acceptors (Lipinski definition) is 3. The first-order chi connectivity index (χ1) is 9.95. The molecule has 0 saturated carbocycles. The molecule has 1 aromatic carbocycles. The molecule has 1 N–H and O–H groups in total. The van der Waals surface area contributed by atoms with Gasteiger partial charge in [-0.25, -0.2) is 8.78 Å². The molecule has 0 saturated heterocycles. The third kappa shape index (κ3) is 3.50. The summed E-state index contributed by atoms with van der Waals surface area (Å²) in [7, 11) is 1.53.